The van der Waals surface area contributed by atoms with Gasteiger partial charge in [-0.25, -0.2) is 0 Å². The largest absolute Gasteiger partial charge is 0.384 e. The van der Waals surface area contributed by atoms with Gasteiger partial charge >= 0.3 is 0 Å². The fourth-order valence-electron chi connectivity index (χ4n) is 3.24. The Morgan fingerprint density at radius 3 is 2.86 bits per heavy atom. The molecule has 3 rings (SSSR count). The summed E-state index contributed by atoms with van der Waals surface area (Å²) in [5.41, 5.74) is 11.3. The lowest BCUT2D eigenvalue weighted by Crippen LogP contribution is -2.33. The molecule has 2 aromatic rings. The van der Waals surface area contributed by atoms with Gasteiger partial charge in [-0.05, 0) is 24.1 Å². The van der Waals surface area contributed by atoms with Crippen LogP contribution in [0.5, 0.6) is 0 Å². The second-order valence-electron chi connectivity index (χ2n) is 5.61. The summed E-state index contributed by atoms with van der Waals surface area (Å²) in [4.78, 5) is 7.30. The standard InChI is InChI=1S/C17H22N4/c1-3-11-6-5-7-12-15(17(18)19)13-10-21(4-2)9-8-14(13)20-16(11)12/h5-7H,3-4,8-10H2,1-2H3,(H3,18,19). The van der Waals surface area contributed by atoms with Crippen molar-refractivity contribution in [2.24, 2.45) is 5.73 Å². The van der Waals surface area contributed by atoms with Gasteiger partial charge in [0, 0.05) is 36.2 Å². The zero-order valence-corrected chi connectivity index (χ0v) is 12.7. The molecule has 0 radical (unpaired) electrons. The topological polar surface area (TPSA) is 66.0 Å². The van der Waals surface area contributed by atoms with Gasteiger partial charge in [-0.2, -0.15) is 0 Å². The molecule has 2 heterocycles. The Labute approximate surface area is 125 Å². The lowest BCUT2D eigenvalue weighted by atomic mass is 9.93. The van der Waals surface area contributed by atoms with Crippen molar-refractivity contribution in [2.75, 3.05) is 13.1 Å². The minimum absolute atomic E-state index is 0.157. The molecule has 110 valence electrons. The number of pyridine rings is 1. The number of benzene rings is 1. The Balaban J connectivity index is 2.31. The van der Waals surface area contributed by atoms with E-state index in [1.165, 1.54) is 5.56 Å². The van der Waals surface area contributed by atoms with E-state index in [0.717, 1.165) is 60.2 Å². The number of likely N-dealkylation sites (N-methyl/N-ethyl adjacent to an activating group) is 1. The number of para-hydroxylation sites is 1. The first-order valence-corrected chi connectivity index (χ1v) is 7.65. The van der Waals surface area contributed by atoms with Gasteiger partial charge in [-0.15, -0.1) is 0 Å². The van der Waals surface area contributed by atoms with Crippen LogP contribution in [0.2, 0.25) is 0 Å². The molecule has 4 nitrogen and oxygen atoms in total. The summed E-state index contributed by atoms with van der Waals surface area (Å²) < 4.78 is 0. The van der Waals surface area contributed by atoms with Crippen LogP contribution in [-0.4, -0.2) is 28.8 Å². The summed E-state index contributed by atoms with van der Waals surface area (Å²) in [6, 6.07) is 6.21. The number of rotatable bonds is 3. The molecule has 0 atom stereocenters. The van der Waals surface area contributed by atoms with E-state index >= 15 is 0 Å². The highest BCUT2D eigenvalue weighted by Gasteiger charge is 2.23. The number of aryl methyl sites for hydroxylation is 1. The van der Waals surface area contributed by atoms with Crippen molar-refractivity contribution in [1.29, 1.82) is 5.41 Å². The Morgan fingerprint density at radius 1 is 1.38 bits per heavy atom. The van der Waals surface area contributed by atoms with Crippen LogP contribution in [0.25, 0.3) is 10.9 Å². The van der Waals surface area contributed by atoms with Gasteiger partial charge in [0.25, 0.3) is 0 Å². The predicted octanol–water partition coefficient (Wildman–Crippen LogP) is 2.46. The summed E-state index contributed by atoms with van der Waals surface area (Å²) in [6.45, 7) is 7.21. The number of nitrogens with two attached hydrogens (primary N) is 1. The molecule has 0 unspecified atom stereocenters. The summed E-state index contributed by atoms with van der Waals surface area (Å²) in [5, 5.41) is 9.07. The van der Waals surface area contributed by atoms with Gasteiger partial charge in [0.15, 0.2) is 0 Å². The average molecular weight is 282 g/mol. The van der Waals surface area contributed by atoms with E-state index in [-0.39, 0.29) is 5.84 Å². The third kappa shape index (κ3) is 2.29. The first kappa shape index (κ1) is 14.0. The molecule has 0 saturated carbocycles. The molecule has 0 bridgehead atoms. The van der Waals surface area contributed by atoms with Crippen molar-refractivity contribution in [3.8, 4) is 0 Å². The number of fused-ring (bicyclic) bond motifs is 2. The van der Waals surface area contributed by atoms with E-state index in [1.54, 1.807) is 0 Å². The summed E-state index contributed by atoms with van der Waals surface area (Å²) >= 11 is 0. The Morgan fingerprint density at radius 2 is 2.19 bits per heavy atom. The molecule has 1 aromatic carbocycles. The zero-order chi connectivity index (χ0) is 15.0. The third-order valence-corrected chi connectivity index (χ3v) is 4.43. The quantitative estimate of drug-likeness (QED) is 0.671. The van der Waals surface area contributed by atoms with Crippen LogP contribution in [0.1, 0.15) is 36.2 Å². The smallest absolute Gasteiger partial charge is 0.123 e. The van der Waals surface area contributed by atoms with E-state index in [4.69, 9.17) is 16.1 Å². The van der Waals surface area contributed by atoms with E-state index in [2.05, 4.69) is 24.8 Å². The second-order valence-corrected chi connectivity index (χ2v) is 5.61. The van der Waals surface area contributed by atoms with Crippen LogP contribution in [0.3, 0.4) is 0 Å². The van der Waals surface area contributed by atoms with Crippen LogP contribution < -0.4 is 5.73 Å². The van der Waals surface area contributed by atoms with Gasteiger partial charge in [-0.1, -0.05) is 32.0 Å². The normalized spacial score (nSPS) is 15.1. The lowest BCUT2D eigenvalue weighted by molar-refractivity contribution is 0.266. The fraction of sp³-hybridized carbons (Fsp3) is 0.412. The molecule has 3 N–H and O–H groups in total. The zero-order valence-electron chi connectivity index (χ0n) is 12.7. The monoisotopic (exact) mass is 282 g/mol. The van der Waals surface area contributed by atoms with Crippen molar-refractivity contribution in [3.63, 3.8) is 0 Å². The van der Waals surface area contributed by atoms with Gasteiger partial charge in [-0.3, -0.25) is 15.3 Å². The first-order valence-electron chi connectivity index (χ1n) is 7.65. The Hall–Kier alpha value is -1.94. The van der Waals surface area contributed by atoms with Gasteiger partial charge in [0.05, 0.1) is 5.52 Å². The Bertz CT molecular complexity index is 705. The number of hydrogen-bond acceptors (Lipinski definition) is 3. The number of aromatic nitrogens is 1. The molecule has 1 aromatic heterocycles. The van der Waals surface area contributed by atoms with E-state index in [9.17, 15) is 0 Å². The van der Waals surface area contributed by atoms with Gasteiger partial charge < -0.3 is 5.73 Å². The van der Waals surface area contributed by atoms with Crippen LogP contribution in [-0.2, 0) is 19.4 Å². The van der Waals surface area contributed by atoms with E-state index in [0.29, 0.717) is 0 Å². The number of amidine groups is 1. The summed E-state index contributed by atoms with van der Waals surface area (Å²) in [7, 11) is 0. The summed E-state index contributed by atoms with van der Waals surface area (Å²) in [5.74, 6) is 0.157. The second kappa shape index (κ2) is 5.45. The average Bonchev–Trinajstić information content (AvgIpc) is 2.51. The van der Waals surface area contributed by atoms with Crippen molar-refractivity contribution < 1.29 is 0 Å². The van der Waals surface area contributed by atoms with Crippen LogP contribution >= 0.6 is 0 Å². The highest BCUT2D eigenvalue weighted by Crippen LogP contribution is 2.29. The van der Waals surface area contributed by atoms with Gasteiger partial charge in [0.1, 0.15) is 5.84 Å². The maximum Gasteiger partial charge on any atom is 0.123 e. The van der Waals surface area contributed by atoms with E-state index < -0.39 is 0 Å². The summed E-state index contributed by atoms with van der Waals surface area (Å²) in [6.07, 6.45) is 1.89. The highest BCUT2D eigenvalue weighted by atomic mass is 15.1. The highest BCUT2D eigenvalue weighted by molar-refractivity contribution is 6.08. The number of nitrogens with zero attached hydrogens (tertiary/aromatic N) is 2. The fourth-order valence-corrected chi connectivity index (χ4v) is 3.24. The Kier molecular flexibility index (Phi) is 3.64. The molecule has 0 fully saturated rings. The van der Waals surface area contributed by atoms with E-state index in [1.807, 2.05) is 12.1 Å². The minimum Gasteiger partial charge on any atom is -0.384 e. The van der Waals surface area contributed by atoms with Gasteiger partial charge in [0.2, 0.25) is 0 Å². The van der Waals surface area contributed by atoms with Crippen LogP contribution in [0.4, 0.5) is 0 Å². The maximum atomic E-state index is 8.04. The van der Waals surface area contributed by atoms with Crippen molar-refractivity contribution in [2.45, 2.75) is 33.2 Å². The molecule has 0 saturated heterocycles. The maximum absolute atomic E-state index is 8.04. The third-order valence-electron chi connectivity index (χ3n) is 4.43. The minimum atomic E-state index is 0.157. The molecular formula is C17H22N4. The SMILES string of the molecule is CCc1cccc2c(C(=N)N)c3c(nc12)CCN(CC)C3. The molecule has 21 heavy (non-hydrogen) atoms. The van der Waals surface area contributed by atoms with Crippen LogP contribution in [0.15, 0.2) is 18.2 Å². The molecule has 1 aliphatic rings. The molecular weight excluding hydrogens is 260 g/mol. The lowest BCUT2D eigenvalue weighted by Gasteiger charge is -2.29. The number of nitrogens with one attached hydrogen (secondary N) is 1. The first-order chi connectivity index (χ1) is 10.2. The molecule has 1 aliphatic heterocycles. The molecule has 0 aliphatic carbocycles. The predicted molar refractivity (Wildman–Crippen MR) is 86.8 cm³/mol. The molecule has 0 amide bonds. The molecule has 0 spiro atoms. The number of nitrogen functional groups attached to an aromatic ring is 1. The number of hydrogen-bond donors (Lipinski definition) is 2. The van der Waals surface area contributed by atoms with Crippen LogP contribution in [0, 0.1) is 5.41 Å². The van der Waals surface area contributed by atoms with Crippen molar-refractivity contribution in [1.82, 2.24) is 9.88 Å². The van der Waals surface area contributed by atoms with Crippen molar-refractivity contribution >= 4 is 16.7 Å². The molecule has 4 heteroatoms. The van der Waals surface area contributed by atoms with Crippen molar-refractivity contribution in [3.05, 3.63) is 40.6 Å².